The predicted molar refractivity (Wildman–Crippen MR) is 84.4 cm³/mol. The van der Waals surface area contributed by atoms with E-state index in [0.717, 1.165) is 12.1 Å². The lowest BCUT2D eigenvalue weighted by Gasteiger charge is -2.32. The highest BCUT2D eigenvalue weighted by molar-refractivity contribution is 5.68. The summed E-state index contributed by atoms with van der Waals surface area (Å²) in [7, 11) is 0. The van der Waals surface area contributed by atoms with Gasteiger partial charge in [0.05, 0.1) is 6.42 Å². The fraction of sp³-hybridized carbons (Fsp3) is 0.588. The minimum Gasteiger partial charge on any atom is -0.481 e. The Morgan fingerprint density at radius 3 is 2.60 bits per heavy atom. The van der Waals surface area contributed by atoms with Crippen LogP contribution in [0.1, 0.15) is 51.5 Å². The molecule has 0 heterocycles. The molecule has 1 N–H and O–H groups in total. The topological polar surface area (TPSA) is 40.5 Å². The SMILES string of the molecule is CCCCCC(C)N(CCC(=O)O)c1ccccc1C. The van der Waals surface area contributed by atoms with Gasteiger partial charge in [-0.15, -0.1) is 0 Å². The van der Waals surface area contributed by atoms with Gasteiger partial charge in [0.25, 0.3) is 0 Å². The molecule has 1 aromatic carbocycles. The van der Waals surface area contributed by atoms with E-state index in [-0.39, 0.29) is 6.42 Å². The summed E-state index contributed by atoms with van der Waals surface area (Å²) in [6.45, 7) is 7.06. The van der Waals surface area contributed by atoms with Crippen LogP contribution in [-0.4, -0.2) is 23.7 Å². The molecule has 0 aliphatic rings. The van der Waals surface area contributed by atoms with Crippen molar-refractivity contribution in [3.63, 3.8) is 0 Å². The van der Waals surface area contributed by atoms with Crippen LogP contribution in [0.2, 0.25) is 0 Å². The van der Waals surface area contributed by atoms with Gasteiger partial charge in [-0.2, -0.15) is 0 Å². The van der Waals surface area contributed by atoms with Gasteiger partial charge in [0, 0.05) is 18.3 Å². The van der Waals surface area contributed by atoms with E-state index in [2.05, 4.69) is 37.8 Å². The monoisotopic (exact) mass is 277 g/mol. The number of aryl methyl sites for hydroxylation is 1. The smallest absolute Gasteiger partial charge is 0.305 e. The third kappa shape index (κ3) is 5.24. The number of aliphatic carboxylic acids is 1. The lowest BCUT2D eigenvalue weighted by Crippen LogP contribution is -2.35. The van der Waals surface area contributed by atoms with Gasteiger partial charge < -0.3 is 10.0 Å². The molecule has 0 spiro atoms. The third-order valence-electron chi connectivity index (χ3n) is 3.75. The number of rotatable bonds is 9. The van der Waals surface area contributed by atoms with Gasteiger partial charge in [-0.1, -0.05) is 44.4 Å². The van der Waals surface area contributed by atoms with E-state index in [1.54, 1.807) is 0 Å². The van der Waals surface area contributed by atoms with E-state index in [0.29, 0.717) is 12.6 Å². The molecule has 0 bridgehead atoms. The van der Waals surface area contributed by atoms with Crippen molar-refractivity contribution < 1.29 is 9.90 Å². The van der Waals surface area contributed by atoms with Crippen LogP contribution in [0.25, 0.3) is 0 Å². The molecule has 0 radical (unpaired) electrons. The van der Waals surface area contributed by atoms with E-state index < -0.39 is 5.97 Å². The second-order valence-electron chi connectivity index (χ2n) is 5.47. The number of benzene rings is 1. The Morgan fingerprint density at radius 2 is 2.00 bits per heavy atom. The van der Waals surface area contributed by atoms with E-state index in [4.69, 9.17) is 5.11 Å². The zero-order valence-electron chi connectivity index (χ0n) is 12.9. The first-order valence-corrected chi connectivity index (χ1v) is 7.60. The molecule has 20 heavy (non-hydrogen) atoms. The molecule has 1 unspecified atom stereocenters. The van der Waals surface area contributed by atoms with Crippen LogP contribution in [0.15, 0.2) is 24.3 Å². The summed E-state index contributed by atoms with van der Waals surface area (Å²) >= 11 is 0. The van der Waals surface area contributed by atoms with Crippen LogP contribution in [0.3, 0.4) is 0 Å². The first-order chi connectivity index (χ1) is 9.56. The Kier molecular flexibility index (Phi) is 7.13. The van der Waals surface area contributed by atoms with Crippen molar-refractivity contribution in [3.05, 3.63) is 29.8 Å². The van der Waals surface area contributed by atoms with Crippen molar-refractivity contribution in [1.82, 2.24) is 0 Å². The fourth-order valence-corrected chi connectivity index (χ4v) is 2.53. The van der Waals surface area contributed by atoms with E-state index in [1.807, 2.05) is 12.1 Å². The maximum absolute atomic E-state index is 10.9. The van der Waals surface area contributed by atoms with Crippen molar-refractivity contribution in [1.29, 1.82) is 0 Å². The minimum absolute atomic E-state index is 0.187. The van der Waals surface area contributed by atoms with Crippen LogP contribution >= 0.6 is 0 Å². The third-order valence-corrected chi connectivity index (χ3v) is 3.75. The first kappa shape index (κ1) is 16.5. The first-order valence-electron chi connectivity index (χ1n) is 7.60. The van der Waals surface area contributed by atoms with Crippen molar-refractivity contribution in [2.45, 2.75) is 58.9 Å². The Balaban J connectivity index is 2.79. The largest absolute Gasteiger partial charge is 0.481 e. The number of para-hydroxylation sites is 1. The van der Waals surface area contributed by atoms with Crippen LogP contribution in [0.4, 0.5) is 5.69 Å². The summed E-state index contributed by atoms with van der Waals surface area (Å²) in [6, 6.07) is 8.60. The van der Waals surface area contributed by atoms with E-state index in [1.165, 1.54) is 24.8 Å². The highest BCUT2D eigenvalue weighted by Crippen LogP contribution is 2.24. The van der Waals surface area contributed by atoms with Gasteiger partial charge in [0.1, 0.15) is 0 Å². The van der Waals surface area contributed by atoms with Crippen molar-refractivity contribution in [2.75, 3.05) is 11.4 Å². The zero-order valence-corrected chi connectivity index (χ0v) is 12.9. The summed E-state index contributed by atoms with van der Waals surface area (Å²) in [5.41, 5.74) is 2.37. The van der Waals surface area contributed by atoms with Crippen LogP contribution in [0.5, 0.6) is 0 Å². The fourth-order valence-electron chi connectivity index (χ4n) is 2.53. The number of carboxylic acid groups (broad SMARTS) is 1. The molecule has 3 nitrogen and oxygen atoms in total. The molecule has 3 heteroatoms. The van der Waals surface area contributed by atoms with E-state index >= 15 is 0 Å². The molecule has 1 aromatic rings. The Bertz CT molecular complexity index is 417. The number of carboxylic acids is 1. The number of nitrogens with zero attached hydrogens (tertiary/aromatic N) is 1. The Labute approximate surface area is 122 Å². The highest BCUT2D eigenvalue weighted by Gasteiger charge is 2.16. The second-order valence-corrected chi connectivity index (χ2v) is 5.47. The van der Waals surface area contributed by atoms with E-state index in [9.17, 15) is 4.79 Å². The van der Waals surface area contributed by atoms with Crippen LogP contribution < -0.4 is 4.90 Å². The van der Waals surface area contributed by atoms with Gasteiger partial charge in [-0.05, 0) is 31.9 Å². The summed E-state index contributed by atoms with van der Waals surface area (Å²) in [5, 5.41) is 8.95. The maximum Gasteiger partial charge on any atom is 0.305 e. The van der Waals surface area contributed by atoms with Crippen molar-refractivity contribution >= 4 is 11.7 Å². The normalized spacial score (nSPS) is 12.2. The molecule has 1 rings (SSSR count). The Morgan fingerprint density at radius 1 is 1.30 bits per heavy atom. The summed E-state index contributed by atoms with van der Waals surface area (Å²) in [6.07, 6.45) is 4.96. The second kappa shape index (κ2) is 8.62. The molecule has 0 fully saturated rings. The van der Waals surface area contributed by atoms with Gasteiger partial charge >= 0.3 is 5.97 Å². The molecule has 0 aliphatic heterocycles. The number of hydrogen-bond acceptors (Lipinski definition) is 2. The predicted octanol–water partition coefficient (Wildman–Crippen LogP) is 4.24. The average Bonchev–Trinajstić information content (AvgIpc) is 2.41. The van der Waals surface area contributed by atoms with Gasteiger partial charge in [-0.3, -0.25) is 4.79 Å². The molecule has 0 aromatic heterocycles. The molecule has 0 saturated carbocycles. The molecular weight excluding hydrogens is 250 g/mol. The van der Waals surface area contributed by atoms with Gasteiger partial charge in [0.2, 0.25) is 0 Å². The highest BCUT2D eigenvalue weighted by atomic mass is 16.4. The van der Waals surface area contributed by atoms with Crippen LogP contribution in [-0.2, 0) is 4.79 Å². The zero-order chi connectivity index (χ0) is 15.0. The quantitative estimate of drug-likeness (QED) is 0.686. The van der Waals surface area contributed by atoms with Crippen molar-refractivity contribution in [3.8, 4) is 0 Å². The number of anilines is 1. The number of carbonyl (C=O) groups is 1. The molecular formula is C17H27NO2. The van der Waals surface area contributed by atoms with Crippen LogP contribution in [0, 0.1) is 6.92 Å². The average molecular weight is 277 g/mol. The van der Waals surface area contributed by atoms with Crippen molar-refractivity contribution in [2.24, 2.45) is 0 Å². The van der Waals surface area contributed by atoms with Gasteiger partial charge in [0.15, 0.2) is 0 Å². The maximum atomic E-state index is 10.9. The van der Waals surface area contributed by atoms with Gasteiger partial charge in [-0.25, -0.2) is 0 Å². The Hall–Kier alpha value is -1.51. The molecule has 112 valence electrons. The standard InChI is InChI=1S/C17H27NO2/c1-4-5-6-10-15(3)18(13-12-17(19)20)16-11-8-7-9-14(16)2/h7-9,11,15H,4-6,10,12-13H2,1-3H3,(H,19,20). The number of hydrogen-bond donors (Lipinski definition) is 1. The summed E-state index contributed by atoms with van der Waals surface area (Å²) in [4.78, 5) is 13.1. The molecule has 0 amide bonds. The summed E-state index contributed by atoms with van der Waals surface area (Å²) < 4.78 is 0. The molecule has 1 atom stereocenters. The lowest BCUT2D eigenvalue weighted by molar-refractivity contribution is -0.136. The minimum atomic E-state index is -0.732. The summed E-state index contributed by atoms with van der Waals surface area (Å²) in [5.74, 6) is -0.732. The molecule has 0 saturated heterocycles. The number of unbranched alkanes of at least 4 members (excludes halogenated alkanes) is 2. The lowest BCUT2D eigenvalue weighted by atomic mass is 10.1. The molecule has 0 aliphatic carbocycles.